The molecule has 0 aliphatic heterocycles. The van der Waals surface area contributed by atoms with Crippen LogP contribution < -0.4 is 0 Å². The average molecular weight is 310 g/mol. The predicted molar refractivity (Wildman–Crippen MR) is 75.0 cm³/mol. The summed E-state index contributed by atoms with van der Waals surface area (Å²) < 4.78 is 2.82. The molecule has 96 valence electrons. The Kier molecular flexibility index (Phi) is 3.43. The summed E-state index contributed by atoms with van der Waals surface area (Å²) >= 11 is 3.46. The van der Waals surface area contributed by atoms with E-state index in [0.717, 1.165) is 27.8 Å². The summed E-state index contributed by atoms with van der Waals surface area (Å²) in [5.74, 6) is -0.0168. The third-order valence-electron chi connectivity index (χ3n) is 2.89. The smallest absolute Gasteiger partial charge is 0.272 e. The van der Waals surface area contributed by atoms with Gasteiger partial charge in [-0.05, 0) is 40.9 Å². The lowest BCUT2D eigenvalue weighted by Crippen LogP contribution is -2.24. The second kappa shape index (κ2) is 4.72. The first kappa shape index (κ1) is 13.1. The average Bonchev–Trinajstić information content (AvgIpc) is 2.66. The number of nitrogens with zero attached hydrogens (tertiary/aromatic N) is 3. The molecular formula is C13H16BrN3O. The molecule has 2 aromatic heterocycles. The zero-order valence-electron chi connectivity index (χ0n) is 11.0. The van der Waals surface area contributed by atoms with Crippen LogP contribution in [-0.2, 0) is 6.42 Å². The molecule has 0 spiro atoms. The lowest BCUT2D eigenvalue weighted by Gasteiger charge is -2.11. The normalized spacial score (nSPS) is 10.9. The van der Waals surface area contributed by atoms with Crippen LogP contribution >= 0.6 is 15.9 Å². The van der Waals surface area contributed by atoms with E-state index in [1.165, 1.54) is 0 Å². The standard InChI is InChI=1S/C13H16BrN3O/c1-5-10-11(13(18)16(3)4)17-7-9(14)6-8(2)12(17)15-10/h6-7H,5H2,1-4H3. The van der Waals surface area contributed by atoms with Crippen molar-refractivity contribution in [2.24, 2.45) is 0 Å². The van der Waals surface area contributed by atoms with Crippen LogP contribution in [0.5, 0.6) is 0 Å². The van der Waals surface area contributed by atoms with Crippen molar-refractivity contribution in [3.63, 3.8) is 0 Å². The fourth-order valence-electron chi connectivity index (χ4n) is 2.00. The third kappa shape index (κ3) is 2.03. The van der Waals surface area contributed by atoms with Gasteiger partial charge in [-0.2, -0.15) is 0 Å². The topological polar surface area (TPSA) is 37.6 Å². The molecule has 0 N–H and O–H groups in total. The van der Waals surface area contributed by atoms with Gasteiger partial charge in [0.25, 0.3) is 5.91 Å². The number of amides is 1. The molecule has 0 aliphatic rings. The summed E-state index contributed by atoms with van der Waals surface area (Å²) in [6.45, 7) is 4.01. The van der Waals surface area contributed by atoms with Crippen molar-refractivity contribution in [3.8, 4) is 0 Å². The zero-order chi connectivity index (χ0) is 13.4. The summed E-state index contributed by atoms with van der Waals surface area (Å²) in [7, 11) is 3.51. The number of aromatic nitrogens is 2. The number of aryl methyl sites for hydroxylation is 2. The second-order valence-corrected chi connectivity index (χ2v) is 5.41. The Bertz CT molecular complexity index is 616. The van der Waals surface area contributed by atoms with E-state index < -0.39 is 0 Å². The maximum absolute atomic E-state index is 12.3. The van der Waals surface area contributed by atoms with Crippen LogP contribution in [0.4, 0.5) is 0 Å². The Morgan fingerprint density at radius 3 is 2.72 bits per heavy atom. The quantitative estimate of drug-likeness (QED) is 0.855. The number of hydrogen-bond donors (Lipinski definition) is 0. The van der Waals surface area contributed by atoms with E-state index >= 15 is 0 Å². The van der Waals surface area contributed by atoms with E-state index in [9.17, 15) is 4.79 Å². The molecule has 0 atom stereocenters. The third-order valence-corrected chi connectivity index (χ3v) is 3.32. The highest BCUT2D eigenvalue weighted by Crippen LogP contribution is 2.21. The minimum Gasteiger partial charge on any atom is -0.343 e. The number of pyridine rings is 1. The highest BCUT2D eigenvalue weighted by Gasteiger charge is 2.20. The van der Waals surface area contributed by atoms with Crippen molar-refractivity contribution in [2.75, 3.05) is 14.1 Å². The van der Waals surface area contributed by atoms with Gasteiger partial charge < -0.3 is 4.90 Å². The minimum absolute atomic E-state index is 0.0168. The SMILES string of the molecule is CCc1nc2c(C)cc(Br)cn2c1C(=O)N(C)C. The number of carbonyl (C=O) groups excluding carboxylic acids is 1. The summed E-state index contributed by atoms with van der Waals surface area (Å²) in [6, 6.07) is 2.01. The molecule has 0 aliphatic carbocycles. The fraction of sp³-hybridized carbons (Fsp3) is 0.385. The van der Waals surface area contributed by atoms with Crippen LogP contribution in [0, 0.1) is 6.92 Å². The van der Waals surface area contributed by atoms with Crippen LogP contribution in [0.3, 0.4) is 0 Å². The van der Waals surface area contributed by atoms with Gasteiger partial charge in [0.2, 0.25) is 0 Å². The first-order valence-electron chi connectivity index (χ1n) is 5.84. The lowest BCUT2D eigenvalue weighted by atomic mass is 10.2. The molecule has 0 unspecified atom stereocenters. The van der Waals surface area contributed by atoms with E-state index in [1.54, 1.807) is 19.0 Å². The number of carbonyl (C=O) groups is 1. The molecule has 0 radical (unpaired) electrons. The maximum atomic E-state index is 12.3. The molecule has 2 aromatic rings. The lowest BCUT2D eigenvalue weighted by molar-refractivity contribution is 0.0820. The van der Waals surface area contributed by atoms with Gasteiger partial charge in [-0.3, -0.25) is 9.20 Å². The van der Waals surface area contributed by atoms with Crippen molar-refractivity contribution >= 4 is 27.5 Å². The van der Waals surface area contributed by atoms with Gasteiger partial charge in [0, 0.05) is 24.8 Å². The molecule has 5 heteroatoms. The first-order chi connectivity index (χ1) is 8.45. The molecule has 0 fully saturated rings. The number of imidazole rings is 1. The van der Waals surface area contributed by atoms with Crippen molar-refractivity contribution in [1.29, 1.82) is 0 Å². The molecule has 0 saturated heterocycles. The van der Waals surface area contributed by atoms with Crippen molar-refractivity contribution < 1.29 is 4.79 Å². The number of hydrogen-bond acceptors (Lipinski definition) is 2. The van der Waals surface area contributed by atoms with Crippen molar-refractivity contribution in [1.82, 2.24) is 14.3 Å². The van der Waals surface area contributed by atoms with Crippen LogP contribution in [0.1, 0.15) is 28.7 Å². The van der Waals surface area contributed by atoms with E-state index in [1.807, 2.05) is 30.5 Å². The van der Waals surface area contributed by atoms with E-state index in [0.29, 0.717) is 5.69 Å². The van der Waals surface area contributed by atoms with Gasteiger partial charge in [-0.15, -0.1) is 0 Å². The van der Waals surface area contributed by atoms with Gasteiger partial charge in [-0.25, -0.2) is 4.98 Å². The predicted octanol–water partition coefficient (Wildman–Crippen LogP) is 2.67. The highest BCUT2D eigenvalue weighted by atomic mass is 79.9. The van der Waals surface area contributed by atoms with Gasteiger partial charge in [0.1, 0.15) is 11.3 Å². The van der Waals surface area contributed by atoms with Gasteiger partial charge in [0.15, 0.2) is 0 Å². The summed E-state index contributed by atoms with van der Waals surface area (Å²) in [6.07, 6.45) is 2.64. The summed E-state index contributed by atoms with van der Waals surface area (Å²) in [4.78, 5) is 18.4. The van der Waals surface area contributed by atoms with Crippen LogP contribution in [-0.4, -0.2) is 34.3 Å². The Balaban J connectivity index is 2.80. The molecule has 0 aromatic carbocycles. The Labute approximate surface area is 115 Å². The fourth-order valence-corrected chi connectivity index (χ4v) is 2.55. The Morgan fingerprint density at radius 1 is 1.50 bits per heavy atom. The number of halogens is 1. The summed E-state index contributed by atoms with van der Waals surface area (Å²) in [5, 5.41) is 0. The van der Waals surface area contributed by atoms with Crippen LogP contribution in [0.2, 0.25) is 0 Å². The summed E-state index contributed by atoms with van der Waals surface area (Å²) in [5.41, 5.74) is 3.40. The monoisotopic (exact) mass is 309 g/mol. The molecule has 18 heavy (non-hydrogen) atoms. The molecule has 0 bridgehead atoms. The minimum atomic E-state index is -0.0168. The van der Waals surface area contributed by atoms with Crippen LogP contribution in [0.25, 0.3) is 5.65 Å². The molecule has 1 amide bonds. The number of rotatable bonds is 2. The van der Waals surface area contributed by atoms with E-state index in [2.05, 4.69) is 20.9 Å². The zero-order valence-corrected chi connectivity index (χ0v) is 12.6. The van der Waals surface area contributed by atoms with Crippen molar-refractivity contribution in [3.05, 3.63) is 33.7 Å². The Morgan fingerprint density at radius 2 is 2.17 bits per heavy atom. The van der Waals surface area contributed by atoms with Crippen molar-refractivity contribution in [2.45, 2.75) is 20.3 Å². The van der Waals surface area contributed by atoms with Gasteiger partial charge >= 0.3 is 0 Å². The Hall–Kier alpha value is -1.36. The first-order valence-corrected chi connectivity index (χ1v) is 6.63. The van der Waals surface area contributed by atoms with E-state index in [4.69, 9.17) is 0 Å². The largest absolute Gasteiger partial charge is 0.343 e. The molecular weight excluding hydrogens is 294 g/mol. The molecule has 2 heterocycles. The van der Waals surface area contributed by atoms with E-state index in [-0.39, 0.29) is 5.91 Å². The second-order valence-electron chi connectivity index (χ2n) is 4.50. The van der Waals surface area contributed by atoms with Gasteiger partial charge in [-0.1, -0.05) is 6.92 Å². The molecule has 0 saturated carbocycles. The van der Waals surface area contributed by atoms with Crippen LogP contribution in [0.15, 0.2) is 16.7 Å². The maximum Gasteiger partial charge on any atom is 0.272 e. The molecule has 4 nitrogen and oxygen atoms in total. The highest BCUT2D eigenvalue weighted by molar-refractivity contribution is 9.10. The molecule has 2 rings (SSSR count). The number of fused-ring (bicyclic) bond motifs is 1. The van der Waals surface area contributed by atoms with Gasteiger partial charge in [0.05, 0.1) is 5.69 Å².